The maximum Gasteiger partial charge on any atom is 0.268 e. The molecule has 0 radical (unpaired) electrons. The van der Waals surface area contributed by atoms with Gasteiger partial charge in [-0.05, 0) is 62.7 Å². The van der Waals surface area contributed by atoms with Gasteiger partial charge < -0.3 is 9.30 Å². The molecule has 33 heavy (non-hydrogen) atoms. The first kappa shape index (κ1) is 24.2. The first-order valence-corrected chi connectivity index (χ1v) is 12.6. The van der Waals surface area contributed by atoms with Crippen LogP contribution in [0, 0.1) is 25.2 Å². The fourth-order valence-electron chi connectivity index (χ4n) is 3.17. The van der Waals surface area contributed by atoms with Gasteiger partial charge in [0.2, 0.25) is 19.3 Å². The number of carbonyl (C=O) groups excluding carboxylic acids is 1. The van der Waals surface area contributed by atoms with Gasteiger partial charge in [0.1, 0.15) is 17.4 Å². The summed E-state index contributed by atoms with van der Waals surface area (Å²) in [5.41, 5.74) is 3.27. The summed E-state index contributed by atoms with van der Waals surface area (Å²) >= 11 is 0.745. The molecule has 1 aromatic carbocycles. The molecule has 3 aromatic rings. The van der Waals surface area contributed by atoms with Crippen LogP contribution in [-0.4, -0.2) is 41.4 Å². The van der Waals surface area contributed by atoms with E-state index in [2.05, 4.69) is 15.5 Å². The fourth-order valence-corrected chi connectivity index (χ4v) is 5.15. The van der Waals surface area contributed by atoms with Crippen LogP contribution in [0.5, 0.6) is 5.75 Å². The molecule has 0 saturated carbocycles. The molecular weight excluding hydrogens is 462 g/mol. The molecule has 0 saturated heterocycles. The number of nitrogens with one attached hydrogen (secondary N) is 1. The molecule has 9 nitrogen and oxygen atoms in total. The summed E-state index contributed by atoms with van der Waals surface area (Å²) in [5.74, 6) is -0.0399. The molecule has 172 valence electrons. The second-order valence-corrected chi connectivity index (χ2v) is 10.4. The van der Waals surface area contributed by atoms with E-state index in [0.717, 1.165) is 34.2 Å². The van der Waals surface area contributed by atoms with Crippen LogP contribution in [0.1, 0.15) is 30.8 Å². The number of carbonyl (C=O) groups is 1. The Bertz CT molecular complexity index is 1350. The molecule has 2 aromatic heterocycles. The van der Waals surface area contributed by atoms with Crippen molar-refractivity contribution in [3.63, 3.8) is 0 Å². The van der Waals surface area contributed by atoms with Gasteiger partial charge >= 0.3 is 0 Å². The van der Waals surface area contributed by atoms with Crippen molar-refractivity contribution < 1.29 is 17.9 Å². The van der Waals surface area contributed by atoms with E-state index < -0.39 is 15.7 Å². The van der Waals surface area contributed by atoms with Crippen LogP contribution < -0.4 is 10.1 Å². The Kier molecular flexibility index (Phi) is 7.30. The lowest BCUT2D eigenvalue weighted by molar-refractivity contribution is -0.112. The smallest absolute Gasteiger partial charge is 0.268 e. The van der Waals surface area contributed by atoms with Crippen LogP contribution in [-0.2, 0) is 14.6 Å². The number of rotatable bonds is 8. The Hall–Kier alpha value is -3.49. The van der Waals surface area contributed by atoms with Crippen molar-refractivity contribution in [1.82, 2.24) is 14.8 Å². The number of sulfone groups is 1. The summed E-state index contributed by atoms with van der Waals surface area (Å²) in [6.45, 7) is 7.84. The van der Waals surface area contributed by atoms with Gasteiger partial charge in [0.05, 0.1) is 12.4 Å². The van der Waals surface area contributed by atoms with E-state index in [-0.39, 0.29) is 20.8 Å². The maximum atomic E-state index is 12.6. The van der Waals surface area contributed by atoms with Crippen LogP contribution >= 0.6 is 11.3 Å². The summed E-state index contributed by atoms with van der Waals surface area (Å²) < 4.78 is 31.1. The lowest BCUT2D eigenvalue weighted by atomic mass is 10.1. The van der Waals surface area contributed by atoms with Gasteiger partial charge in [-0.25, -0.2) is 8.42 Å². The minimum absolute atomic E-state index is 0.00744. The zero-order valence-electron chi connectivity index (χ0n) is 18.6. The SMILES string of the molecule is CCOc1ccc(-n2c(C)cc(/C=C(/C#N)C(=O)Nc3nnc(S(=O)(=O)CC)s3)c2C)cc1. The number of ether oxygens (including phenoxy) is 1. The van der Waals surface area contributed by atoms with Crippen molar-refractivity contribution in [2.24, 2.45) is 0 Å². The molecule has 11 heteroatoms. The fraction of sp³-hybridized carbons (Fsp3) is 0.273. The molecule has 0 spiro atoms. The van der Waals surface area contributed by atoms with E-state index >= 15 is 0 Å². The Morgan fingerprint density at radius 1 is 1.24 bits per heavy atom. The zero-order valence-corrected chi connectivity index (χ0v) is 20.2. The third kappa shape index (κ3) is 5.30. The summed E-state index contributed by atoms with van der Waals surface area (Å²) in [6, 6.07) is 11.4. The van der Waals surface area contributed by atoms with E-state index in [4.69, 9.17) is 4.74 Å². The molecule has 0 aliphatic rings. The number of nitrogens with zero attached hydrogens (tertiary/aromatic N) is 4. The Morgan fingerprint density at radius 2 is 1.94 bits per heavy atom. The number of benzene rings is 1. The van der Waals surface area contributed by atoms with Gasteiger partial charge in [0.15, 0.2) is 0 Å². The van der Waals surface area contributed by atoms with Gasteiger partial charge in [-0.1, -0.05) is 18.3 Å². The molecule has 1 amide bonds. The number of aryl methyl sites for hydroxylation is 1. The Balaban J connectivity index is 1.86. The molecule has 0 unspecified atom stereocenters. The van der Waals surface area contributed by atoms with Gasteiger partial charge in [-0.3, -0.25) is 10.1 Å². The van der Waals surface area contributed by atoms with Crippen molar-refractivity contribution in [3.8, 4) is 17.5 Å². The standard InChI is InChI=1S/C22H23N5O4S2/c1-5-31-19-9-7-18(8-10-19)27-14(3)11-16(15(27)4)12-17(13-23)20(28)24-21-25-26-22(32-21)33(29,30)6-2/h7-12H,5-6H2,1-4H3,(H,24,25,28)/b17-12-. The molecule has 0 fully saturated rings. The third-order valence-electron chi connectivity index (χ3n) is 4.81. The van der Waals surface area contributed by atoms with E-state index in [1.807, 2.05) is 61.7 Å². The normalized spacial score (nSPS) is 11.8. The molecule has 3 rings (SSSR count). The molecule has 2 heterocycles. The average Bonchev–Trinajstić information content (AvgIpc) is 3.37. The largest absolute Gasteiger partial charge is 0.494 e. The highest BCUT2D eigenvalue weighted by Gasteiger charge is 2.20. The zero-order chi connectivity index (χ0) is 24.2. The van der Waals surface area contributed by atoms with Crippen LogP contribution in [0.15, 0.2) is 40.2 Å². The summed E-state index contributed by atoms with van der Waals surface area (Å²) in [6.07, 6.45) is 1.49. The van der Waals surface area contributed by atoms with Crippen LogP contribution in [0.2, 0.25) is 0 Å². The predicted molar refractivity (Wildman–Crippen MR) is 126 cm³/mol. The van der Waals surface area contributed by atoms with E-state index in [1.165, 1.54) is 13.0 Å². The number of aromatic nitrogens is 3. The predicted octanol–water partition coefficient (Wildman–Crippen LogP) is 3.68. The molecule has 0 atom stereocenters. The van der Waals surface area contributed by atoms with Gasteiger partial charge in [-0.2, -0.15) is 5.26 Å². The Morgan fingerprint density at radius 3 is 2.55 bits per heavy atom. The molecule has 1 N–H and O–H groups in total. The summed E-state index contributed by atoms with van der Waals surface area (Å²) in [5, 5.41) is 19.3. The third-order valence-corrected chi connectivity index (χ3v) is 7.83. The highest BCUT2D eigenvalue weighted by Crippen LogP contribution is 2.25. The van der Waals surface area contributed by atoms with Crippen molar-refractivity contribution in [1.29, 1.82) is 5.26 Å². The Labute approximate surface area is 196 Å². The lowest BCUT2D eigenvalue weighted by Gasteiger charge is -2.11. The monoisotopic (exact) mass is 485 g/mol. The number of anilines is 1. The molecule has 0 bridgehead atoms. The number of nitriles is 1. The number of hydrogen-bond donors (Lipinski definition) is 1. The highest BCUT2D eigenvalue weighted by atomic mass is 32.2. The quantitative estimate of drug-likeness (QED) is 0.293. The average molecular weight is 486 g/mol. The lowest BCUT2D eigenvalue weighted by Crippen LogP contribution is -2.13. The van der Waals surface area contributed by atoms with Crippen molar-refractivity contribution in [2.45, 2.75) is 32.0 Å². The first-order valence-electron chi connectivity index (χ1n) is 10.1. The number of hydrogen-bond acceptors (Lipinski definition) is 8. The van der Waals surface area contributed by atoms with Crippen molar-refractivity contribution in [2.75, 3.05) is 17.7 Å². The second-order valence-electron chi connectivity index (χ2n) is 6.99. The maximum absolute atomic E-state index is 12.6. The molecule has 0 aliphatic carbocycles. The second kappa shape index (κ2) is 9.97. The minimum Gasteiger partial charge on any atom is -0.494 e. The molecular formula is C22H23N5O4S2. The number of amides is 1. The van der Waals surface area contributed by atoms with Crippen LogP contribution in [0.4, 0.5) is 5.13 Å². The van der Waals surface area contributed by atoms with Crippen molar-refractivity contribution >= 4 is 38.3 Å². The van der Waals surface area contributed by atoms with E-state index in [9.17, 15) is 18.5 Å². The molecule has 0 aliphatic heterocycles. The first-order chi connectivity index (χ1) is 15.7. The van der Waals surface area contributed by atoms with Crippen molar-refractivity contribution in [3.05, 3.63) is 52.9 Å². The van der Waals surface area contributed by atoms with Gasteiger partial charge in [-0.15, -0.1) is 10.2 Å². The van der Waals surface area contributed by atoms with Crippen LogP contribution in [0.3, 0.4) is 0 Å². The summed E-state index contributed by atoms with van der Waals surface area (Å²) in [4.78, 5) is 12.6. The van der Waals surface area contributed by atoms with Gasteiger partial charge in [0.25, 0.3) is 5.91 Å². The van der Waals surface area contributed by atoms with Crippen LogP contribution in [0.25, 0.3) is 11.8 Å². The topological polar surface area (TPSA) is 127 Å². The highest BCUT2D eigenvalue weighted by molar-refractivity contribution is 7.93. The summed E-state index contributed by atoms with van der Waals surface area (Å²) in [7, 11) is -3.52. The van der Waals surface area contributed by atoms with E-state index in [1.54, 1.807) is 0 Å². The minimum atomic E-state index is -3.52. The van der Waals surface area contributed by atoms with Gasteiger partial charge in [0, 0.05) is 17.1 Å². The van der Waals surface area contributed by atoms with E-state index in [0.29, 0.717) is 12.2 Å².